The molecule has 0 atom stereocenters. The Bertz CT molecular complexity index is 587. The second kappa shape index (κ2) is 4.89. The molecule has 0 saturated carbocycles. The summed E-state index contributed by atoms with van der Waals surface area (Å²) in [5.41, 5.74) is -0.281. The smallest absolute Gasteiger partial charge is 0.259 e. The topological polar surface area (TPSA) is 42.2 Å². The average molecular weight is 316 g/mol. The summed E-state index contributed by atoms with van der Waals surface area (Å²) in [6.07, 6.45) is 1.22. The fourth-order valence-electron chi connectivity index (χ4n) is 1.41. The number of aryl methyl sites for hydroxylation is 1. The number of hydrogen-bond donors (Lipinski definition) is 1. The van der Waals surface area contributed by atoms with Gasteiger partial charge >= 0.3 is 0 Å². The maximum absolute atomic E-state index is 13.5. The summed E-state index contributed by atoms with van der Waals surface area (Å²) in [4.78, 5) is 11.7. The Hall–Kier alpha value is -1.69. The summed E-state index contributed by atoms with van der Waals surface area (Å²) >= 11 is 2.95. The normalized spacial score (nSPS) is 10.4. The predicted octanol–water partition coefficient (Wildman–Crippen LogP) is 3.88. The van der Waals surface area contributed by atoms with Crippen LogP contribution in [0.15, 0.2) is 33.4 Å². The van der Waals surface area contributed by atoms with E-state index in [2.05, 4.69) is 21.2 Å². The molecule has 1 aromatic carbocycles. The molecule has 0 aliphatic carbocycles. The first-order valence-electron chi connectivity index (χ1n) is 4.98. The zero-order valence-corrected chi connectivity index (χ0v) is 10.8. The largest absolute Gasteiger partial charge is 0.469 e. The van der Waals surface area contributed by atoms with Crippen LogP contribution in [0.2, 0.25) is 0 Å². The Morgan fingerprint density at radius 1 is 1.28 bits per heavy atom. The van der Waals surface area contributed by atoms with E-state index in [0.29, 0.717) is 5.76 Å². The van der Waals surface area contributed by atoms with Crippen LogP contribution in [0.1, 0.15) is 16.1 Å². The molecule has 3 nitrogen and oxygen atoms in total. The second-order valence-corrected chi connectivity index (χ2v) is 4.56. The van der Waals surface area contributed by atoms with Gasteiger partial charge in [0.25, 0.3) is 5.91 Å². The number of nitrogens with one attached hydrogen (secondary N) is 1. The van der Waals surface area contributed by atoms with Crippen molar-refractivity contribution < 1.29 is 18.0 Å². The lowest BCUT2D eigenvalue weighted by Gasteiger charge is -2.06. The van der Waals surface area contributed by atoms with Gasteiger partial charge in [0.05, 0.1) is 5.56 Å². The molecular formula is C12H8BrF2NO2. The van der Waals surface area contributed by atoms with Gasteiger partial charge in [0.1, 0.15) is 17.7 Å². The van der Waals surface area contributed by atoms with Gasteiger partial charge in [-0.1, -0.05) is 15.9 Å². The first-order chi connectivity index (χ1) is 8.47. The number of anilines is 1. The molecule has 2 aromatic rings. The molecule has 0 unspecified atom stereocenters. The van der Waals surface area contributed by atoms with Crippen LogP contribution < -0.4 is 5.32 Å². The highest BCUT2D eigenvalue weighted by Gasteiger charge is 2.15. The minimum absolute atomic E-state index is 0.203. The Kier molecular flexibility index (Phi) is 3.47. The number of furan rings is 1. The number of rotatable bonds is 2. The molecule has 1 amide bonds. The van der Waals surface area contributed by atoms with E-state index in [9.17, 15) is 13.6 Å². The van der Waals surface area contributed by atoms with Crippen LogP contribution in [0.4, 0.5) is 14.5 Å². The van der Waals surface area contributed by atoms with Crippen molar-refractivity contribution >= 4 is 27.5 Å². The molecule has 1 aromatic heterocycles. The molecule has 6 heteroatoms. The Balaban J connectivity index is 2.27. The fourth-order valence-corrected chi connectivity index (χ4v) is 1.81. The van der Waals surface area contributed by atoms with Crippen molar-refractivity contribution in [1.82, 2.24) is 0 Å². The highest BCUT2D eigenvalue weighted by atomic mass is 79.9. The number of halogens is 3. The van der Waals surface area contributed by atoms with Crippen molar-refractivity contribution in [2.45, 2.75) is 6.92 Å². The van der Waals surface area contributed by atoms with Crippen LogP contribution in [-0.4, -0.2) is 5.91 Å². The SMILES string of the molecule is Cc1cc(C(=O)Nc2c(F)cc(Br)cc2F)co1. The minimum atomic E-state index is -0.851. The molecule has 0 radical (unpaired) electrons. The van der Waals surface area contributed by atoms with E-state index < -0.39 is 23.2 Å². The lowest BCUT2D eigenvalue weighted by molar-refractivity contribution is 0.102. The zero-order chi connectivity index (χ0) is 13.3. The molecule has 94 valence electrons. The lowest BCUT2D eigenvalue weighted by atomic mass is 10.2. The van der Waals surface area contributed by atoms with Crippen molar-refractivity contribution in [3.05, 3.63) is 51.9 Å². The third-order valence-electron chi connectivity index (χ3n) is 2.24. The molecular weight excluding hydrogens is 308 g/mol. The van der Waals surface area contributed by atoms with Crippen LogP contribution in [0.3, 0.4) is 0 Å². The van der Waals surface area contributed by atoms with Crippen LogP contribution in [-0.2, 0) is 0 Å². The van der Waals surface area contributed by atoms with Gasteiger partial charge in [0.2, 0.25) is 0 Å². The average Bonchev–Trinajstić information content (AvgIpc) is 2.70. The van der Waals surface area contributed by atoms with Crippen molar-refractivity contribution in [2.75, 3.05) is 5.32 Å². The van der Waals surface area contributed by atoms with Crippen molar-refractivity contribution in [2.24, 2.45) is 0 Å². The summed E-state index contributed by atoms with van der Waals surface area (Å²) in [5, 5.41) is 2.17. The van der Waals surface area contributed by atoms with Gasteiger partial charge in [0, 0.05) is 4.47 Å². The van der Waals surface area contributed by atoms with Gasteiger partial charge in [-0.05, 0) is 25.1 Å². The number of benzene rings is 1. The Labute approximate surface area is 110 Å². The molecule has 0 saturated heterocycles. The molecule has 0 aliphatic rings. The molecule has 1 N–H and O–H groups in total. The van der Waals surface area contributed by atoms with Gasteiger partial charge < -0.3 is 9.73 Å². The third kappa shape index (κ3) is 2.59. The van der Waals surface area contributed by atoms with Crippen molar-refractivity contribution in [3.8, 4) is 0 Å². The Morgan fingerprint density at radius 2 is 1.89 bits per heavy atom. The van der Waals surface area contributed by atoms with E-state index in [-0.39, 0.29) is 10.0 Å². The van der Waals surface area contributed by atoms with Gasteiger partial charge in [0.15, 0.2) is 11.6 Å². The minimum Gasteiger partial charge on any atom is -0.469 e. The van der Waals surface area contributed by atoms with E-state index in [0.717, 1.165) is 12.1 Å². The summed E-state index contributed by atoms with van der Waals surface area (Å²) in [5.74, 6) is -1.80. The van der Waals surface area contributed by atoms with E-state index in [1.807, 2.05) is 0 Å². The number of hydrogen-bond acceptors (Lipinski definition) is 2. The monoisotopic (exact) mass is 315 g/mol. The predicted molar refractivity (Wildman–Crippen MR) is 65.5 cm³/mol. The van der Waals surface area contributed by atoms with E-state index in [4.69, 9.17) is 4.42 Å². The lowest BCUT2D eigenvalue weighted by Crippen LogP contribution is -2.13. The quantitative estimate of drug-likeness (QED) is 0.913. The molecule has 0 bridgehead atoms. The zero-order valence-electron chi connectivity index (χ0n) is 9.26. The van der Waals surface area contributed by atoms with Crippen molar-refractivity contribution in [3.63, 3.8) is 0 Å². The first-order valence-corrected chi connectivity index (χ1v) is 5.77. The van der Waals surface area contributed by atoms with E-state index in [1.54, 1.807) is 6.92 Å². The highest BCUT2D eigenvalue weighted by Crippen LogP contribution is 2.24. The maximum atomic E-state index is 13.5. The van der Waals surface area contributed by atoms with Gasteiger partial charge in [-0.3, -0.25) is 4.79 Å². The molecule has 18 heavy (non-hydrogen) atoms. The fraction of sp³-hybridized carbons (Fsp3) is 0.0833. The molecule has 0 spiro atoms. The van der Waals surface area contributed by atoms with Crippen LogP contribution in [0, 0.1) is 18.6 Å². The molecule has 0 aliphatic heterocycles. The highest BCUT2D eigenvalue weighted by molar-refractivity contribution is 9.10. The molecule has 0 fully saturated rings. The van der Waals surface area contributed by atoms with Gasteiger partial charge in [-0.2, -0.15) is 0 Å². The summed E-state index contributed by atoms with van der Waals surface area (Å²) in [6, 6.07) is 3.61. The Morgan fingerprint density at radius 3 is 2.39 bits per heavy atom. The number of amides is 1. The van der Waals surface area contributed by atoms with Crippen LogP contribution in [0.25, 0.3) is 0 Å². The standard InChI is InChI=1S/C12H8BrF2NO2/c1-6-2-7(5-18-6)12(17)16-11-9(14)3-8(13)4-10(11)15/h2-5H,1H3,(H,16,17). The number of carbonyl (C=O) groups excluding carboxylic acids is 1. The summed E-state index contributed by atoms with van der Waals surface area (Å²) in [6.45, 7) is 1.66. The van der Waals surface area contributed by atoms with Gasteiger partial charge in [-0.15, -0.1) is 0 Å². The number of carbonyl (C=O) groups is 1. The summed E-state index contributed by atoms with van der Waals surface area (Å²) in [7, 11) is 0. The van der Waals surface area contributed by atoms with Gasteiger partial charge in [-0.25, -0.2) is 8.78 Å². The van der Waals surface area contributed by atoms with Crippen LogP contribution in [0.5, 0.6) is 0 Å². The molecule has 2 rings (SSSR count). The van der Waals surface area contributed by atoms with Crippen LogP contribution >= 0.6 is 15.9 Å². The summed E-state index contributed by atoms with van der Waals surface area (Å²) < 4.78 is 32.2. The first kappa shape index (κ1) is 12.8. The van der Waals surface area contributed by atoms with Crippen molar-refractivity contribution in [1.29, 1.82) is 0 Å². The maximum Gasteiger partial charge on any atom is 0.259 e. The third-order valence-corrected chi connectivity index (χ3v) is 2.70. The van der Waals surface area contributed by atoms with E-state index >= 15 is 0 Å². The van der Waals surface area contributed by atoms with E-state index in [1.165, 1.54) is 12.3 Å². The molecule has 1 heterocycles. The second-order valence-electron chi connectivity index (χ2n) is 3.64.